The van der Waals surface area contributed by atoms with Crippen molar-refractivity contribution in [3.05, 3.63) is 53.1 Å². The Balaban J connectivity index is 1.85. The standard InChI is InChI=1S/C22H23N3O7/c1-23(2)21(29)31-17-12-13(11-16(26)18(17)32-22(30)24(3)4)9-10-25-19(27)14-7-5-6-8-15(14)20(25)28/h5-8,11-12,26H,9-10H2,1-4H3. The van der Waals surface area contributed by atoms with E-state index in [4.69, 9.17) is 9.47 Å². The monoisotopic (exact) mass is 441 g/mol. The predicted molar refractivity (Wildman–Crippen MR) is 113 cm³/mol. The molecule has 0 aromatic heterocycles. The summed E-state index contributed by atoms with van der Waals surface area (Å²) in [6.45, 7) is 0.0453. The van der Waals surface area contributed by atoms with Gasteiger partial charge in [0.15, 0.2) is 11.5 Å². The summed E-state index contributed by atoms with van der Waals surface area (Å²) in [4.78, 5) is 52.5. The van der Waals surface area contributed by atoms with E-state index in [1.54, 1.807) is 24.3 Å². The summed E-state index contributed by atoms with van der Waals surface area (Å²) in [5.41, 5.74) is 1.14. The number of rotatable bonds is 5. The number of carbonyl (C=O) groups is 4. The number of fused-ring (bicyclic) bond motifs is 1. The van der Waals surface area contributed by atoms with E-state index >= 15 is 0 Å². The van der Waals surface area contributed by atoms with Gasteiger partial charge in [-0.2, -0.15) is 0 Å². The molecule has 3 rings (SSSR count). The van der Waals surface area contributed by atoms with Crippen LogP contribution >= 0.6 is 0 Å². The molecule has 168 valence electrons. The van der Waals surface area contributed by atoms with Gasteiger partial charge in [0.05, 0.1) is 11.1 Å². The van der Waals surface area contributed by atoms with Gasteiger partial charge in [-0.1, -0.05) is 12.1 Å². The Bertz CT molecular complexity index is 1060. The Morgan fingerprint density at radius 1 is 0.906 bits per heavy atom. The number of nitrogens with zero attached hydrogens (tertiary/aromatic N) is 3. The molecule has 2 aromatic carbocycles. The lowest BCUT2D eigenvalue weighted by Crippen LogP contribution is -2.31. The van der Waals surface area contributed by atoms with E-state index < -0.39 is 29.8 Å². The van der Waals surface area contributed by atoms with E-state index in [1.807, 2.05) is 0 Å². The van der Waals surface area contributed by atoms with Crippen molar-refractivity contribution < 1.29 is 33.8 Å². The van der Waals surface area contributed by atoms with Crippen LogP contribution in [-0.2, 0) is 6.42 Å². The Labute approximate surface area is 184 Å². The molecule has 1 aliphatic heterocycles. The first-order valence-corrected chi connectivity index (χ1v) is 9.69. The van der Waals surface area contributed by atoms with E-state index in [9.17, 15) is 24.3 Å². The first-order chi connectivity index (χ1) is 15.1. The summed E-state index contributed by atoms with van der Waals surface area (Å²) in [6, 6.07) is 9.29. The molecule has 10 nitrogen and oxygen atoms in total. The summed E-state index contributed by atoms with van der Waals surface area (Å²) in [5, 5.41) is 10.4. The fourth-order valence-corrected chi connectivity index (χ4v) is 3.01. The second-order valence-electron chi connectivity index (χ2n) is 7.52. The smallest absolute Gasteiger partial charge is 0.414 e. The molecule has 0 saturated heterocycles. The van der Waals surface area contributed by atoms with Crippen LogP contribution in [0.25, 0.3) is 0 Å². The van der Waals surface area contributed by atoms with Crippen molar-refractivity contribution in [3.8, 4) is 17.2 Å². The third-order valence-corrected chi connectivity index (χ3v) is 4.71. The van der Waals surface area contributed by atoms with Gasteiger partial charge in [-0.25, -0.2) is 9.59 Å². The fourth-order valence-electron chi connectivity index (χ4n) is 3.01. The second kappa shape index (κ2) is 8.96. The molecular formula is C22H23N3O7. The Kier molecular flexibility index (Phi) is 6.33. The highest BCUT2D eigenvalue weighted by atomic mass is 16.6. The fraction of sp³-hybridized carbons (Fsp3) is 0.273. The molecule has 4 amide bonds. The van der Waals surface area contributed by atoms with Crippen molar-refractivity contribution in [2.75, 3.05) is 34.7 Å². The maximum Gasteiger partial charge on any atom is 0.414 e. The Morgan fingerprint density at radius 3 is 1.97 bits per heavy atom. The highest BCUT2D eigenvalue weighted by Crippen LogP contribution is 2.39. The van der Waals surface area contributed by atoms with Crippen LogP contribution in [-0.4, -0.2) is 78.5 Å². The minimum absolute atomic E-state index is 0.0453. The van der Waals surface area contributed by atoms with Gasteiger partial charge >= 0.3 is 12.2 Å². The quantitative estimate of drug-likeness (QED) is 0.708. The molecule has 1 N–H and O–H groups in total. The van der Waals surface area contributed by atoms with Gasteiger partial charge in [0.25, 0.3) is 11.8 Å². The lowest BCUT2D eigenvalue weighted by Gasteiger charge is -2.18. The molecule has 1 aliphatic rings. The van der Waals surface area contributed by atoms with Crippen molar-refractivity contribution >= 4 is 24.0 Å². The maximum atomic E-state index is 12.5. The van der Waals surface area contributed by atoms with E-state index in [-0.39, 0.29) is 24.5 Å². The van der Waals surface area contributed by atoms with Gasteiger partial charge in [-0.3, -0.25) is 14.5 Å². The van der Waals surface area contributed by atoms with E-state index in [2.05, 4.69) is 0 Å². The molecule has 2 aromatic rings. The number of phenols is 1. The first-order valence-electron chi connectivity index (χ1n) is 9.69. The van der Waals surface area contributed by atoms with Crippen LogP contribution in [0.15, 0.2) is 36.4 Å². The molecule has 32 heavy (non-hydrogen) atoms. The Morgan fingerprint density at radius 2 is 1.44 bits per heavy atom. The summed E-state index contributed by atoms with van der Waals surface area (Å²) in [6.07, 6.45) is -1.35. The zero-order valence-corrected chi connectivity index (χ0v) is 18.1. The molecule has 0 atom stereocenters. The highest BCUT2D eigenvalue weighted by molar-refractivity contribution is 6.21. The highest BCUT2D eigenvalue weighted by Gasteiger charge is 2.34. The molecule has 0 radical (unpaired) electrons. The van der Waals surface area contributed by atoms with Crippen molar-refractivity contribution in [2.45, 2.75) is 6.42 Å². The maximum absolute atomic E-state index is 12.5. The van der Waals surface area contributed by atoms with Crippen LogP contribution in [0, 0.1) is 0 Å². The third kappa shape index (κ3) is 4.48. The first kappa shape index (κ1) is 22.6. The van der Waals surface area contributed by atoms with Crippen molar-refractivity contribution in [1.29, 1.82) is 0 Å². The van der Waals surface area contributed by atoms with Crippen LogP contribution in [0.1, 0.15) is 26.3 Å². The average molecular weight is 441 g/mol. The molecule has 1 heterocycles. The summed E-state index contributed by atoms with van der Waals surface area (Å²) in [7, 11) is 5.86. The van der Waals surface area contributed by atoms with Gasteiger partial charge in [-0.15, -0.1) is 0 Å². The summed E-state index contributed by atoms with van der Waals surface area (Å²) in [5.74, 6) is -1.71. The van der Waals surface area contributed by atoms with Crippen molar-refractivity contribution in [2.24, 2.45) is 0 Å². The second-order valence-corrected chi connectivity index (χ2v) is 7.52. The summed E-state index contributed by atoms with van der Waals surface area (Å²) >= 11 is 0. The van der Waals surface area contributed by atoms with Crippen molar-refractivity contribution in [3.63, 3.8) is 0 Å². The number of carbonyl (C=O) groups excluding carboxylic acids is 4. The summed E-state index contributed by atoms with van der Waals surface area (Å²) < 4.78 is 10.4. The van der Waals surface area contributed by atoms with Crippen LogP contribution in [0.3, 0.4) is 0 Å². The van der Waals surface area contributed by atoms with E-state index in [1.165, 1.54) is 45.2 Å². The SMILES string of the molecule is CN(C)C(=O)Oc1cc(CCN2C(=O)c3ccccc3C2=O)cc(O)c1OC(=O)N(C)C. The van der Waals surface area contributed by atoms with Crippen LogP contribution in [0.2, 0.25) is 0 Å². The number of benzene rings is 2. The number of imide groups is 1. The minimum atomic E-state index is -0.777. The zero-order valence-electron chi connectivity index (χ0n) is 18.1. The number of hydrogen-bond donors (Lipinski definition) is 1. The van der Waals surface area contributed by atoms with Gasteiger partial charge < -0.3 is 24.4 Å². The largest absolute Gasteiger partial charge is 0.504 e. The molecule has 0 saturated carbocycles. The number of ether oxygens (including phenoxy) is 2. The third-order valence-electron chi connectivity index (χ3n) is 4.71. The number of phenolic OH excluding ortho intramolecular Hbond substituents is 1. The molecule has 0 fully saturated rings. The molecule has 0 unspecified atom stereocenters. The molecule has 10 heteroatoms. The minimum Gasteiger partial charge on any atom is -0.504 e. The average Bonchev–Trinajstić information content (AvgIpc) is 2.98. The molecule has 0 bridgehead atoms. The number of aromatic hydroxyl groups is 1. The lowest BCUT2D eigenvalue weighted by molar-refractivity contribution is 0.0656. The van der Waals surface area contributed by atoms with Gasteiger partial charge in [0.2, 0.25) is 5.75 Å². The topological polar surface area (TPSA) is 117 Å². The number of hydrogen-bond acceptors (Lipinski definition) is 7. The molecule has 0 aliphatic carbocycles. The van der Waals surface area contributed by atoms with Gasteiger partial charge in [-0.05, 0) is 36.2 Å². The van der Waals surface area contributed by atoms with Crippen LogP contribution in [0.5, 0.6) is 17.2 Å². The molecule has 0 spiro atoms. The van der Waals surface area contributed by atoms with E-state index in [0.717, 1.165) is 9.80 Å². The van der Waals surface area contributed by atoms with Crippen LogP contribution in [0.4, 0.5) is 9.59 Å². The Hall–Kier alpha value is -4.08. The van der Waals surface area contributed by atoms with Gasteiger partial charge in [0, 0.05) is 34.7 Å². The van der Waals surface area contributed by atoms with Crippen molar-refractivity contribution in [1.82, 2.24) is 14.7 Å². The zero-order chi connectivity index (χ0) is 23.6. The normalized spacial score (nSPS) is 12.4. The molecular weight excluding hydrogens is 418 g/mol. The predicted octanol–water partition coefficient (Wildman–Crippen LogP) is 2.35. The van der Waals surface area contributed by atoms with E-state index in [0.29, 0.717) is 16.7 Å². The van der Waals surface area contributed by atoms with Crippen LogP contribution < -0.4 is 9.47 Å². The lowest BCUT2D eigenvalue weighted by atomic mass is 10.1. The van der Waals surface area contributed by atoms with Gasteiger partial charge in [0.1, 0.15) is 0 Å². The number of amides is 4.